The summed E-state index contributed by atoms with van der Waals surface area (Å²) in [5.41, 5.74) is 6.74. The number of carbonyl (C=O) groups is 2. The highest BCUT2D eigenvalue weighted by Crippen LogP contribution is 2.33. The molecule has 3 N–H and O–H groups in total. The zero-order chi connectivity index (χ0) is 19.2. The van der Waals surface area contributed by atoms with Crippen LogP contribution in [-0.2, 0) is 9.59 Å². The van der Waals surface area contributed by atoms with Crippen LogP contribution in [0.5, 0.6) is 11.5 Å². The summed E-state index contributed by atoms with van der Waals surface area (Å²) < 4.78 is 10.7. The summed E-state index contributed by atoms with van der Waals surface area (Å²) >= 11 is 0. The first-order valence-corrected chi connectivity index (χ1v) is 8.79. The Labute approximate surface area is 170 Å². The number of methoxy groups -OCH3 is 1. The third kappa shape index (κ3) is 4.94. The molecule has 1 unspecified atom stereocenters. The molecule has 3 rings (SSSR count). The first kappa shape index (κ1) is 21.5. The number of carbonyl (C=O) groups excluding carboxylic acids is 2. The summed E-state index contributed by atoms with van der Waals surface area (Å²) in [5.74, 6) is 0.606. The van der Waals surface area contributed by atoms with Crippen LogP contribution in [0.2, 0.25) is 0 Å². The van der Waals surface area contributed by atoms with Crippen LogP contribution in [0.4, 0.5) is 11.4 Å². The van der Waals surface area contributed by atoms with Gasteiger partial charge in [0.2, 0.25) is 11.8 Å². The molecule has 28 heavy (non-hydrogen) atoms. The fraction of sp³-hybridized carbons (Fsp3) is 0.300. The molecule has 1 aliphatic heterocycles. The molecule has 1 heterocycles. The van der Waals surface area contributed by atoms with Crippen LogP contribution in [0.3, 0.4) is 0 Å². The molecule has 0 bridgehead atoms. The van der Waals surface area contributed by atoms with Crippen LogP contribution < -0.4 is 25.4 Å². The predicted molar refractivity (Wildman–Crippen MR) is 110 cm³/mol. The van der Waals surface area contributed by atoms with Crippen molar-refractivity contribution in [2.45, 2.75) is 6.42 Å². The Balaban J connectivity index is 0.00000280. The van der Waals surface area contributed by atoms with Crippen molar-refractivity contribution in [1.82, 2.24) is 0 Å². The first-order chi connectivity index (χ1) is 13.1. The van der Waals surface area contributed by atoms with E-state index in [0.29, 0.717) is 42.6 Å². The average molecular weight is 406 g/mol. The number of nitrogens with one attached hydrogen (secondary N) is 1. The Bertz CT molecular complexity index is 813. The quantitative estimate of drug-likeness (QED) is 0.737. The fourth-order valence-corrected chi connectivity index (χ4v) is 3.02. The van der Waals surface area contributed by atoms with E-state index in [4.69, 9.17) is 15.2 Å². The van der Waals surface area contributed by atoms with Crippen molar-refractivity contribution in [3.8, 4) is 11.5 Å². The van der Waals surface area contributed by atoms with E-state index < -0.39 is 5.92 Å². The summed E-state index contributed by atoms with van der Waals surface area (Å²) in [6, 6.07) is 14.4. The van der Waals surface area contributed by atoms with E-state index in [1.807, 2.05) is 18.2 Å². The van der Waals surface area contributed by atoms with Gasteiger partial charge < -0.3 is 25.4 Å². The van der Waals surface area contributed by atoms with E-state index in [9.17, 15) is 9.59 Å². The van der Waals surface area contributed by atoms with Crippen LogP contribution in [0.1, 0.15) is 6.42 Å². The number of ether oxygens (including phenoxy) is 2. The molecule has 7 nitrogen and oxygen atoms in total. The monoisotopic (exact) mass is 405 g/mol. The van der Waals surface area contributed by atoms with Crippen molar-refractivity contribution in [3.05, 3.63) is 48.5 Å². The zero-order valence-electron chi connectivity index (χ0n) is 15.6. The van der Waals surface area contributed by atoms with Gasteiger partial charge >= 0.3 is 0 Å². The minimum Gasteiger partial charge on any atom is -0.495 e. The van der Waals surface area contributed by atoms with E-state index in [-0.39, 0.29) is 30.6 Å². The highest BCUT2D eigenvalue weighted by Gasteiger charge is 2.36. The summed E-state index contributed by atoms with van der Waals surface area (Å²) in [5, 5.41) is 2.86. The first-order valence-electron chi connectivity index (χ1n) is 8.79. The van der Waals surface area contributed by atoms with E-state index >= 15 is 0 Å². The maximum absolute atomic E-state index is 12.6. The van der Waals surface area contributed by atoms with Crippen molar-refractivity contribution < 1.29 is 19.1 Å². The largest absolute Gasteiger partial charge is 0.495 e. The van der Waals surface area contributed by atoms with Gasteiger partial charge in [-0.25, -0.2) is 0 Å². The van der Waals surface area contributed by atoms with E-state index in [1.54, 1.807) is 42.3 Å². The third-order valence-corrected chi connectivity index (χ3v) is 4.38. The van der Waals surface area contributed by atoms with Gasteiger partial charge in [-0.2, -0.15) is 0 Å². The summed E-state index contributed by atoms with van der Waals surface area (Å²) in [7, 11) is 1.56. The molecule has 8 heteroatoms. The number of anilines is 2. The smallest absolute Gasteiger partial charge is 0.229 e. The highest BCUT2D eigenvalue weighted by molar-refractivity contribution is 6.04. The summed E-state index contributed by atoms with van der Waals surface area (Å²) in [6.45, 7) is 1.20. The molecule has 2 aromatic rings. The number of rotatable bonds is 7. The maximum atomic E-state index is 12.6. The number of amides is 2. The molecule has 2 amide bonds. The molecule has 1 atom stereocenters. The number of para-hydroxylation sites is 2. The van der Waals surface area contributed by atoms with Gasteiger partial charge in [0.15, 0.2) is 0 Å². The van der Waals surface area contributed by atoms with Gasteiger partial charge in [0.25, 0.3) is 0 Å². The van der Waals surface area contributed by atoms with Gasteiger partial charge in [0.05, 0.1) is 18.7 Å². The molecule has 0 aromatic heterocycles. The second kappa shape index (κ2) is 9.96. The summed E-state index contributed by atoms with van der Waals surface area (Å²) in [6.07, 6.45) is 0.168. The number of hydrogen-bond acceptors (Lipinski definition) is 5. The fourth-order valence-electron chi connectivity index (χ4n) is 3.02. The number of halogens is 1. The van der Waals surface area contributed by atoms with E-state index in [0.717, 1.165) is 0 Å². The normalized spacial score (nSPS) is 15.7. The molecule has 1 aliphatic rings. The molecule has 2 aromatic carbocycles. The molecule has 0 radical (unpaired) electrons. The second-order valence-electron chi connectivity index (χ2n) is 6.23. The van der Waals surface area contributed by atoms with Crippen molar-refractivity contribution >= 4 is 35.6 Å². The van der Waals surface area contributed by atoms with Gasteiger partial charge in [-0.05, 0) is 36.4 Å². The molecule has 1 saturated heterocycles. The van der Waals surface area contributed by atoms with E-state index in [2.05, 4.69) is 5.32 Å². The summed E-state index contributed by atoms with van der Waals surface area (Å²) in [4.78, 5) is 26.6. The SMILES string of the molecule is COc1ccccc1N1CC(C(=O)Nc2ccc(OCCN)cc2)CC1=O.Cl. The van der Waals surface area contributed by atoms with Gasteiger partial charge in [-0.1, -0.05) is 12.1 Å². The Morgan fingerprint density at radius 3 is 2.61 bits per heavy atom. The lowest BCUT2D eigenvalue weighted by molar-refractivity contribution is -0.122. The lowest BCUT2D eigenvalue weighted by Crippen LogP contribution is -2.28. The van der Waals surface area contributed by atoms with Crippen molar-refractivity contribution in [1.29, 1.82) is 0 Å². The molecule has 0 spiro atoms. The Kier molecular flexibility index (Phi) is 7.66. The van der Waals surface area contributed by atoms with Crippen molar-refractivity contribution in [2.24, 2.45) is 11.7 Å². The minimum atomic E-state index is -0.421. The number of nitrogens with zero attached hydrogens (tertiary/aromatic N) is 1. The molecule has 0 aliphatic carbocycles. The number of nitrogens with two attached hydrogens (primary N) is 1. The van der Waals surface area contributed by atoms with Gasteiger partial charge in [-0.3, -0.25) is 9.59 Å². The van der Waals surface area contributed by atoms with Gasteiger partial charge in [-0.15, -0.1) is 12.4 Å². The molecule has 150 valence electrons. The maximum Gasteiger partial charge on any atom is 0.229 e. The van der Waals surface area contributed by atoms with Gasteiger partial charge in [0, 0.05) is 25.2 Å². The predicted octanol–water partition coefficient (Wildman–Crippen LogP) is 2.45. The number of hydrogen-bond donors (Lipinski definition) is 2. The minimum absolute atomic E-state index is 0. The van der Waals surface area contributed by atoms with Crippen molar-refractivity contribution in [3.63, 3.8) is 0 Å². The van der Waals surface area contributed by atoms with Crippen molar-refractivity contribution in [2.75, 3.05) is 37.0 Å². The van der Waals surface area contributed by atoms with Gasteiger partial charge in [0.1, 0.15) is 18.1 Å². The third-order valence-electron chi connectivity index (χ3n) is 4.38. The molecule has 0 saturated carbocycles. The topological polar surface area (TPSA) is 93.9 Å². The Morgan fingerprint density at radius 1 is 1.21 bits per heavy atom. The standard InChI is InChI=1S/C20H23N3O4.ClH/c1-26-18-5-3-2-4-17(18)23-13-14(12-19(23)24)20(25)22-15-6-8-16(9-7-15)27-11-10-21;/h2-9,14H,10-13,21H2,1H3,(H,22,25);1H. The van der Waals surface area contributed by atoms with Crippen LogP contribution in [0.25, 0.3) is 0 Å². The average Bonchev–Trinajstić information content (AvgIpc) is 3.09. The zero-order valence-corrected chi connectivity index (χ0v) is 16.4. The Morgan fingerprint density at radius 2 is 1.93 bits per heavy atom. The molecular formula is C20H24ClN3O4. The van der Waals surface area contributed by atoms with Crippen LogP contribution in [0, 0.1) is 5.92 Å². The van der Waals surface area contributed by atoms with E-state index in [1.165, 1.54) is 0 Å². The van der Waals surface area contributed by atoms with Crippen LogP contribution >= 0.6 is 12.4 Å². The number of benzene rings is 2. The Hall–Kier alpha value is -2.77. The van der Waals surface area contributed by atoms with Crippen LogP contribution in [-0.4, -0.2) is 38.6 Å². The highest BCUT2D eigenvalue weighted by atomic mass is 35.5. The molecule has 1 fully saturated rings. The molecular weight excluding hydrogens is 382 g/mol. The lowest BCUT2D eigenvalue weighted by Gasteiger charge is -2.19. The lowest BCUT2D eigenvalue weighted by atomic mass is 10.1. The second-order valence-corrected chi connectivity index (χ2v) is 6.23. The van der Waals surface area contributed by atoms with Crippen LogP contribution in [0.15, 0.2) is 48.5 Å².